The molecular formula is C19H22N4O2. The highest BCUT2D eigenvalue weighted by atomic mass is 16.2. The molecule has 4 aliphatic rings. The van der Waals surface area contributed by atoms with E-state index in [1.54, 1.807) is 4.68 Å². The van der Waals surface area contributed by atoms with E-state index < -0.39 is 0 Å². The molecule has 1 aromatic carbocycles. The third-order valence-electron chi connectivity index (χ3n) is 6.27. The Bertz CT molecular complexity index is 857. The van der Waals surface area contributed by atoms with Crippen LogP contribution in [-0.2, 0) is 11.8 Å². The van der Waals surface area contributed by atoms with Crippen LogP contribution in [0.2, 0.25) is 0 Å². The number of carbonyl (C=O) groups excluding carboxylic acids is 2. The minimum absolute atomic E-state index is 0.0852. The number of para-hydroxylation sites is 1. The number of nitrogens with zero attached hydrogens (tertiary/aromatic N) is 3. The quantitative estimate of drug-likeness (QED) is 0.901. The molecule has 4 saturated heterocycles. The van der Waals surface area contributed by atoms with Crippen LogP contribution >= 0.6 is 0 Å². The summed E-state index contributed by atoms with van der Waals surface area (Å²) in [4.78, 5) is 27.1. The zero-order chi connectivity index (χ0) is 17.1. The molecule has 2 aromatic rings. The summed E-state index contributed by atoms with van der Waals surface area (Å²) in [7, 11) is 1.87. The molecule has 1 amide bonds. The number of carbonyl (C=O) groups is 2. The fourth-order valence-corrected chi connectivity index (χ4v) is 5.12. The summed E-state index contributed by atoms with van der Waals surface area (Å²) in [6, 6.07) is 8.88. The lowest BCUT2D eigenvalue weighted by atomic mass is 9.71. The molecule has 1 aromatic heterocycles. The van der Waals surface area contributed by atoms with Crippen LogP contribution in [0.4, 0.5) is 0 Å². The Morgan fingerprint density at radius 2 is 1.88 bits per heavy atom. The van der Waals surface area contributed by atoms with Crippen molar-refractivity contribution in [2.75, 3.05) is 6.54 Å². The number of ketones is 1. The second kappa shape index (κ2) is 5.39. The molecule has 4 fully saturated rings. The molecule has 1 N–H and O–H groups in total. The van der Waals surface area contributed by atoms with Crippen molar-refractivity contribution in [3.8, 4) is 0 Å². The second-order valence-corrected chi connectivity index (χ2v) is 7.75. The standard InChI is InChI=1S/C19H22N4O2/c1-22-16-5-3-2-4-15(16)18(21-22)19(25)20-12-8-13-6-11-7-14(9-12)23(13)10-17(11)24/h2-5,11-14H,6-10H2,1H3,(H,20,25)/t11-,12?,13-,14?/m1/s1. The summed E-state index contributed by atoms with van der Waals surface area (Å²) in [5.41, 5.74) is 1.47. The van der Waals surface area contributed by atoms with Crippen molar-refractivity contribution in [1.82, 2.24) is 20.0 Å². The van der Waals surface area contributed by atoms with Gasteiger partial charge in [0.05, 0.1) is 12.1 Å². The number of hydrogen-bond donors (Lipinski definition) is 1. The molecule has 25 heavy (non-hydrogen) atoms. The van der Waals surface area contributed by atoms with Crippen LogP contribution < -0.4 is 5.32 Å². The Kier molecular flexibility index (Phi) is 3.25. The lowest BCUT2D eigenvalue weighted by molar-refractivity contribution is -0.141. The predicted molar refractivity (Wildman–Crippen MR) is 93.2 cm³/mol. The van der Waals surface area contributed by atoms with E-state index in [2.05, 4.69) is 15.3 Å². The molecular weight excluding hydrogens is 316 g/mol. The number of hydrogen-bond acceptors (Lipinski definition) is 4. The smallest absolute Gasteiger partial charge is 0.272 e. The van der Waals surface area contributed by atoms with Crippen LogP contribution in [0.1, 0.15) is 36.2 Å². The zero-order valence-corrected chi connectivity index (χ0v) is 14.3. The van der Waals surface area contributed by atoms with Gasteiger partial charge in [-0.1, -0.05) is 18.2 Å². The first-order valence-corrected chi connectivity index (χ1v) is 9.11. The SMILES string of the molecule is Cn1nc(C(=O)NC2CC3C[C@H]4C[C@H](C2)N3CC4=O)c2ccccc21. The molecule has 6 heteroatoms. The van der Waals surface area contributed by atoms with E-state index in [0.717, 1.165) is 36.6 Å². The van der Waals surface area contributed by atoms with E-state index in [1.807, 2.05) is 31.3 Å². The highest BCUT2D eigenvalue weighted by Crippen LogP contribution is 2.41. The fraction of sp³-hybridized carbons (Fsp3) is 0.526. The molecule has 0 spiro atoms. The van der Waals surface area contributed by atoms with Gasteiger partial charge in [0.15, 0.2) is 5.69 Å². The lowest BCUT2D eigenvalue weighted by Crippen LogP contribution is -2.64. The summed E-state index contributed by atoms with van der Waals surface area (Å²) in [5.74, 6) is 0.587. The summed E-state index contributed by atoms with van der Waals surface area (Å²) < 4.78 is 1.76. The molecule has 5 atom stereocenters. The predicted octanol–water partition coefficient (Wildman–Crippen LogP) is 1.50. The summed E-state index contributed by atoms with van der Waals surface area (Å²) in [6.07, 6.45) is 3.82. The van der Waals surface area contributed by atoms with Crippen molar-refractivity contribution >= 4 is 22.6 Å². The van der Waals surface area contributed by atoms with Crippen molar-refractivity contribution in [2.45, 2.75) is 43.8 Å². The van der Waals surface area contributed by atoms with Gasteiger partial charge in [0.2, 0.25) is 0 Å². The van der Waals surface area contributed by atoms with Crippen LogP contribution in [0, 0.1) is 5.92 Å². The molecule has 6 rings (SSSR count). The van der Waals surface area contributed by atoms with E-state index in [4.69, 9.17) is 0 Å². The Balaban J connectivity index is 1.34. The van der Waals surface area contributed by atoms with Gasteiger partial charge in [-0.05, 0) is 31.7 Å². The molecule has 0 saturated carbocycles. The Hall–Kier alpha value is -2.21. The molecule has 5 heterocycles. The number of Topliss-reactive ketones (excluding diaryl/α,β-unsaturated/α-hetero) is 1. The number of nitrogens with one attached hydrogen (secondary N) is 1. The van der Waals surface area contributed by atoms with Crippen molar-refractivity contribution < 1.29 is 9.59 Å². The van der Waals surface area contributed by atoms with E-state index in [1.165, 1.54) is 0 Å². The van der Waals surface area contributed by atoms with Crippen LogP contribution in [0.25, 0.3) is 10.9 Å². The average molecular weight is 338 g/mol. The number of amides is 1. The number of aryl methyl sites for hydroxylation is 1. The third-order valence-corrected chi connectivity index (χ3v) is 6.27. The number of aromatic nitrogens is 2. The number of rotatable bonds is 2. The Morgan fingerprint density at radius 3 is 2.60 bits per heavy atom. The Morgan fingerprint density at radius 1 is 1.16 bits per heavy atom. The van der Waals surface area contributed by atoms with Crippen molar-refractivity contribution in [1.29, 1.82) is 0 Å². The summed E-state index contributed by atoms with van der Waals surface area (Å²) >= 11 is 0. The zero-order valence-electron chi connectivity index (χ0n) is 14.3. The van der Waals surface area contributed by atoms with Gasteiger partial charge < -0.3 is 5.32 Å². The summed E-state index contributed by atoms with van der Waals surface area (Å²) in [6.45, 7) is 0.617. The Labute approximate surface area is 146 Å². The van der Waals surface area contributed by atoms with Gasteiger partial charge in [0.1, 0.15) is 5.78 Å². The molecule has 0 radical (unpaired) electrons. The maximum absolute atomic E-state index is 12.8. The number of piperidine rings is 4. The molecule has 6 nitrogen and oxygen atoms in total. The van der Waals surface area contributed by atoms with Crippen LogP contribution in [-0.4, -0.2) is 51.0 Å². The first-order valence-electron chi connectivity index (χ1n) is 9.11. The normalized spacial score (nSPS) is 33.6. The van der Waals surface area contributed by atoms with Gasteiger partial charge in [-0.3, -0.25) is 19.2 Å². The largest absolute Gasteiger partial charge is 0.348 e. The van der Waals surface area contributed by atoms with Crippen molar-refractivity contribution in [2.24, 2.45) is 13.0 Å². The highest BCUT2D eigenvalue weighted by Gasteiger charge is 2.48. The molecule has 4 bridgehead atoms. The van der Waals surface area contributed by atoms with E-state index in [9.17, 15) is 9.59 Å². The molecule has 3 unspecified atom stereocenters. The number of fused-ring (bicyclic) bond motifs is 2. The minimum atomic E-state index is -0.0852. The topological polar surface area (TPSA) is 67.2 Å². The van der Waals surface area contributed by atoms with Gasteiger partial charge in [-0.25, -0.2) is 0 Å². The van der Waals surface area contributed by atoms with Crippen LogP contribution in [0.5, 0.6) is 0 Å². The summed E-state index contributed by atoms with van der Waals surface area (Å²) in [5, 5.41) is 8.53. The monoisotopic (exact) mass is 338 g/mol. The first-order chi connectivity index (χ1) is 12.1. The fourth-order valence-electron chi connectivity index (χ4n) is 5.12. The molecule has 0 aliphatic carbocycles. The van der Waals surface area contributed by atoms with Crippen LogP contribution in [0.3, 0.4) is 0 Å². The van der Waals surface area contributed by atoms with Gasteiger partial charge >= 0.3 is 0 Å². The average Bonchev–Trinajstić information content (AvgIpc) is 2.92. The molecule has 130 valence electrons. The third kappa shape index (κ3) is 2.31. The maximum atomic E-state index is 12.8. The van der Waals surface area contributed by atoms with Gasteiger partial charge in [0, 0.05) is 36.5 Å². The first kappa shape index (κ1) is 15.1. The van der Waals surface area contributed by atoms with Crippen molar-refractivity contribution in [3.63, 3.8) is 0 Å². The maximum Gasteiger partial charge on any atom is 0.272 e. The molecule has 4 aliphatic heterocycles. The van der Waals surface area contributed by atoms with E-state index in [0.29, 0.717) is 30.1 Å². The van der Waals surface area contributed by atoms with Crippen molar-refractivity contribution in [3.05, 3.63) is 30.0 Å². The van der Waals surface area contributed by atoms with Gasteiger partial charge in [0.25, 0.3) is 5.91 Å². The van der Waals surface area contributed by atoms with E-state index in [-0.39, 0.29) is 17.9 Å². The van der Waals surface area contributed by atoms with Crippen LogP contribution in [0.15, 0.2) is 24.3 Å². The lowest BCUT2D eigenvalue weighted by Gasteiger charge is -2.54. The highest BCUT2D eigenvalue weighted by molar-refractivity contribution is 6.04. The number of benzene rings is 1. The van der Waals surface area contributed by atoms with E-state index >= 15 is 0 Å². The minimum Gasteiger partial charge on any atom is -0.348 e. The second-order valence-electron chi connectivity index (χ2n) is 7.75. The van der Waals surface area contributed by atoms with Gasteiger partial charge in [-0.2, -0.15) is 5.10 Å². The van der Waals surface area contributed by atoms with Gasteiger partial charge in [-0.15, -0.1) is 0 Å².